The van der Waals surface area contributed by atoms with Gasteiger partial charge in [-0.25, -0.2) is 0 Å². The number of halogens is 3. The Bertz CT molecular complexity index is 1490. The number of aromatic nitrogens is 3. The molecule has 210 valence electrons. The summed E-state index contributed by atoms with van der Waals surface area (Å²) in [5.74, 6) is 0.145. The smallest absolute Gasteiger partial charge is 0.382 e. The quantitative estimate of drug-likeness (QED) is 0.313. The lowest BCUT2D eigenvalue weighted by Gasteiger charge is -2.30. The second kappa shape index (κ2) is 10.6. The molecule has 0 bridgehead atoms. The monoisotopic (exact) mass is 552 g/mol. The largest absolute Gasteiger partial charge is 0.406 e. The van der Waals surface area contributed by atoms with Crippen molar-refractivity contribution < 1.29 is 22.5 Å². The summed E-state index contributed by atoms with van der Waals surface area (Å²) in [6.07, 6.45) is -1.76. The van der Waals surface area contributed by atoms with Crippen LogP contribution in [0.2, 0.25) is 0 Å². The van der Waals surface area contributed by atoms with Crippen LogP contribution < -0.4 is 10.6 Å². The molecule has 11 heteroatoms. The second-order valence-corrected chi connectivity index (χ2v) is 10.8. The van der Waals surface area contributed by atoms with Gasteiger partial charge in [0, 0.05) is 23.0 Å². The number of piperidine rings is 1. The summed E-state index contributed by atoms with van der Waals surface area (Å²) in [5.41, 5.74) is 2.55. The Balaban J connectivity index is 1.21. The zero-order chi connectivity index (χ0) is 27.9. The molecule has 1 saturated heterocycles. The van der Waals surface area contributed by atoms with Crippen LogP contribution >= 0.6 is 0 Å². The number of fused-ring (bicyclic) bond motifs is 1. The fourth-order valence-electron chi connectivity index (χ4n) is 5.60. The fourth-order valence-corrected chi connectivity index (χ4v) is 5.60. The Morgan fingerprint density at radius 3 is 2.62 bits per heavy atom. The third kappa shape index (κ3) is 5.70. The molecule has 0 radical (unpaired) electrons. The Labute approximate surface area is 229 Å². The fraction of sp³-hybridized carbons (Fsp3) is 0.414. The lowest BCUT2D eigenvalue weighted by atomic mass is 10.0. The normalized spacial score (nSPS) is 20.1. The van der Waals surface area contributed by atoms with E-state index in [1.54, 1.807) is 18.2 Å². The number of amides is 1. The Hall–Kier alpha value is -3.86. The van der Waals surface area contributed by atoms with Gasteiger partial charge in [-0.3, -0.25) is 4.79 Å². The molecule has 2 N–H and O–H groups in total. The summed E-state index contributed by atoms with van der Waals surface area (Å²) in [4.78, 5) is 19.3. The molecule has 1 aliphatic heterocycles. The summed E-state index contributed by atoms with van der Waals surface area (Å²) in [5, 5.41) is 11.0. The molecule has 4 aromatic rings. The van der Waals surface area contributed by atoms with Gasteiger partial charge < -0.3 is 24.6 Å². The van der Waals surface area contributed by atoms with Gasteiger partial charge in [0.15, 0.2) is 0 Å². The van der Waals surface area contributed by atoms with Crippen molar-refractivity contribution in [1.82, 2.24) is 24.9 Å². The lowest BCUT2D eigenvalue weighted by molar-refractivity contribution is -0.139. The summed E-state index contributed by atoms with van der Waals surface area (Å²) in [7, 11) is 2.08. The van der Waals surface area contributed by atoms with Crippen molar-refractivity contribution in [1.29, 1.82) is 0 Å². The molecule has 1 aliphatic carbocycles. The van der Waals surface area contributed by atoms with E-state index in [1.165, 1.54) is 4.57 Å². The molecule has 6 rings (SSSR count). The number of nitrogens with zero attached hydrogens (tertiary/aromatic N) is 4. The van der Waals surface area contributed by atoms with E-state index in [0.29, 0.717) is 10.9 Å². The van der Waals surface area contributed by atoms with Crippen molar-refractivity contribution in [2.45, 2.75) is 50.5 Å². The number of alkyl halides is 3. The molecule has 2 atom stereocenters. The molecule has 0 unspecified atom stereocenters. The maximum absolute atomic E-state index is 13.7. The van der Waals surface area contributed by atoms with Crippen LogP contribution in [0.25, 0.3) is 22.4 Å². The number of hydrogen-bond acceptors (Lipinski definition) is 6. The number of anilines is 1. The first-order chi connectivity index (χ1) is 19.2. The maximum Gasteiger partial charge on any atom is 0.406 e. The molecule has 3 heterocycles. The van der Waals surface area contributed by atoms with Gasteiger partial charge in [0.25, 0.3) is 0 Å². The minimum absolute atomic E-state index is 0.00622. The van der Waals surface area contributed by atoms with E-state index in [0.717, 1.165) is 43.6 Å². The molecule has 2 fully saturated rings. The number of benzene rings is 2. The zero-order valence-electron chi connectivity index (χ0n) is 22.1. The minimum atomic E-state index is -4.45. The van der Waals surface area contributed by atoms with Crippen molar-refractivity contribution in [3.63, 3.8) is 0 Å². The van der Waals surface area contributed by atoms with Crippen LogP contribution in [0.5, 0.6) is 0 Å². The highest BCUT2D eigenvalue weighted by atomic mass is 19.4. The van der Waals surface area contributed by atoms with E-state index in [4.69, 9.17) is 4.52 Å². The molecule has 2 aliphatic rings. The van der Waals surface area contributed by atoms with Gasteiger partial charge in [-0.05, 0) is 69.1 Å². The Kier molecular flexibility index (Phi) is 6.99. The van der Waals surface area contributed by atoms with Crippen LogP contribution in [0.4, 0.5) is 18.9 Å². The average Bonchev–Trinajstić information content (AvgIpc) is 3.47. The highest BCUT2D eigenvalue weighted by Gasteiger charge is 2.43. The third-order valence-electron chi connectivity index (χ3n) is 7.83. The first-order valence-electron chi connectivity index (χ1n) is 13.5. The van der Waals surface area contributed by atoms with E-state index in [1.807, 2.05) is 36.4 Å². The van der Waals surface area contributed by atoms with E-state index in [2.05, 4.69) is 32.7 Å². The van der Waals surface area contributed by atoms with E-state index in [9.17, 15) is 18.0 Å². The lowest BCUT2D eigenvalue weighted by Crippen LogP contribution is -2.36. The first kappa shape index (κ1) is 26.4. The van der Waals surface area contributed by atoms with Gasteiger partial charge >= 0.3 is 6.18 Å². The van der Waals surface area contributed by atoms with Gasteiger partial charge in [-0.1, -0.05) is 41.6 Å². The van der Waals surface area contributed by atoms with E-state index < -0.39 is 12.7 Å². The van der Waals surface area contributed by atoms with Crippen molar-refractivity contribution >= 4 is 22.5 Å². The van der Waals surface area contributed by atoms with E-state index in [-0.39, 0.29) is 47.7 Å². The molecule has 8 nitrogen and oxygen atoms in total. The SMILES string of the molecule is CN1CCC(Nc2cccc3c2cc(-c2noc(CNC(=O)[C@@H]4C[C@H]4c4ccccc4)n2)n3CC(F)(F)F)CC1. The molecule has 2 aromatic heterocycles. The zero-order valence-corrected chi connectivity index (χ0v) is 22.1. The molecular formula is C29H31F3N6O2. The summed E-state index contributed by atoms with van der Waals surface area (Å²) in [6.45, 7) is 0.743. The molecule has 1 saturated carbocycles. The van der Waals surface area contributed by atoms with Crippen molar-refractivity contribution in [2.75, 3.05) is 25.5 Å². The van der Waals surface area contributed by atoms with Crippen LogP contribution in [-0.4, -0.2) is 57.9 Å². The van der Waals surface area contributed by atoms with Crippen molar-refractivity contribution in [3.05, 3.63) is 66.1 Å². The number of hydrogen-bond donors (Lipinski definition) is 2. The predicted octanol–water partition coefficient (Wildman–Crippen LogP) is 5.18. The number of carbonyl (C=O) groups excluding carboxylic acids is 1. The van der Waals surface area contributed by atoms with Crippen LogP contribution in [0.3, 0.4) is 0 Å². The minimum Gasteiger partial charge on any atom is -0.382 e. The standard InChI is InChI=1S/C29H31F3N6O2/c1-37-12-10-19(11-13-37)34-23-8-5-9-24-22(23)15-25(38(24)17-29(30,31)32)27-35-26(40-36-27)16-33-28(39)21-14-20(21)18-6-3-2-4-7-18/h2-9,15,19-21,34H,10-14,16-17H2,1H3,(H,33,39)/t20-,21+/m0/s1. The number of likely N-dealkylation sites (tertiary alicyclic amines) is 1. The molecule has 2 aromatic carbocycles. The topological polar surface area (TPSA) is 88.2 Å². The van der Waals surface area contributed by atoms with Gasteiger partial charge in [-0.15, -0.1) is 0 Å². The molecular weight excluding hydrogens is 521 g/mol. The van der Waals surface area contributed by atoms with Crippen LogP contribution in [0, 0.1) is 5.92 Å². The van der Waals surface area contributed by atoms with Crippen molar-refractivity contribution in [3.8, 4) is 11.5 Å². The predicted molar refractivity (Wildman–Crippen MR) is 145 cm³/mol. The number of rotatable bonds is 8. The van der Waals surface area contributed by atoms with E-state index >= 15 is 0 Å². The molecule has 0 spiro atoms. The van der Waals surface area contributed by atoms with Gasteiger partial charge in [0.2, 0.25) is 17.6 Å². The summed E-state index contributed by atoms with van der Waals surface area (Å²) in [6, 6.07) is 17.1. The molecule has 40 heavy (non-hydrogen) atoms. The maximum atomic E-state index is 13.7. The Morgan fingerprint density at radius 2 is 1.88 bits per heavy atom. The van der Waals surface area contributed by atoms with Crippen LogP contribution in [0.1, 0.15) is 36.6 Å². The number of carbonyl (C=O) groups is 1. The second-order valence-electron chi connectivity index (χ2n) is 10.8. The highest BCUT2D eigenvalue weighted by Crippen LogP contribution is 2.47. The summed E-state index contributed by atoms with van der Waals surface area (Å²) >= 11 is 0. The first-order valence-corrected chi connectivity index (χ1v) is 13.5. The van der Waals surface area contributed by atoms with Gasteiger partial charge in [0.1, 0.15) is 6.54 Å². The third-order valence-corrected chi connectivity index (χ3v) is 7.83. The highest BCUT2D eigenvalue weighted by molar-refractivity contribution is 5.96. The summed E-state index contributed by atoms with van der Waals surface area (Å²) < 4.78 is 47.5. The van der Waals surface area contributed by atoms with Crippen LogP contribution in [-0.2, 0) is 17.9 Å². The van der Waals surface area contributed by atoms with Crippen LogP contribution in [0.15, 0.2) is 59.1 Å². The van der Waals surface area contributed by atoms with Gasteiger partial charge in [0.05, 0.1) is 17.8 Å². The van der Waals surface area contributed by atoms with Gasteiger partial charge in [-0.2, -0.15) is 18.2 Å². The number of nitrogens with one attached hydrogen (secondary N) is 2. The average molecular weight is 553 g/mol. The van der Waals surface area contributed by atoms with Crippen molar-refractivity contribution in [2.24, 2.45) is 5.92 Å². The molecule has 1 amide bonds. The Morgan fingerprint density at radius 1 is 1.10 bits per heavy atom.